The van der Waals surface area contributed by atoms with Crippen LogP contribution in [0.2, 0.25) is 0 Å². The van der Waals surface area contributed by atoms with Crippen LogP contribution in [0.3, 0.4) is 0 Å². The first kappa shape index (κ1) is 38.1. The molecule has 296 valence electrons. The molecule has 0 atom stereocenters. The average Bonchev–Trinajstić information content (AvgIpc) is 3.57. The molecule has 0 aliphatic rings. The van der Waals surface area contributed by atoms with Gasteiger partial charge in [0.25, 0.3) is 20.2 Å². The van der Waals surface area contributed by atoms with E-state index in [2.05, 4.69) is 0 Å². The molecule has 0 spiro atoms. The van der Waals surface area contributed by atoms with Crippen molar-refractivity contribution in [2.45, 2.75) is 9.79 Å². The van der Waals surface area contributed by atoms with E-state index in [-0.39, 0.29) is 15.8 Å². The maximum absolute atomic E-state index is 11.6. The van der Waals surface area contributed by atoms with Crippen LogP contribution >= 0.6 is 0 Å². The van der Waals surface area contributed by atoms with Crippen LogP contribution in [0.4, 0.5) is 0 Å². The summed E-state index contributed by atoms with van der Waals surface area (Å²) in [5.74, 6) is 2.87. The molecule has 9 rings (SSSR count). The summed E-state index contributed by atoms with van der Waals surface area (Å²) in [5.41, 5.74) is 3.75. The van der Waals surface area contributed by atoms with E-state index in [0.717, 1.165) is 32.9 Å². The molecule has 2 N–H and O–H groups in total. The van der Waals surface area contributed by atoms with Gasteiger partial charge in [-0.1, -0.05) is 72.8 Å². The van der Waals surface area contributed by atoms with Gasteiger partial charge in [0.2, 0.25) is 0 Å². The molecule has 0 saturated carbocycles. The van der Waals surface area contributed by atoms with Crippen molar-refractivity contribution in [1.29, 1.82) is 0 Å². The van der Waals surface area contributed by atoms with Crippen molar-refractivity contribution in [2.24, 2.45) is 0 Å². The van der Waals surface area contributed by atoms with Gasteiger partial charge < -0.3 is 18.8 Å². The lowest BCUT2D eigenvalue weighted by molar-refractivity contribution is 0.439. The second-order valence-electron chi connectivity index (χ2n) is 13.4. The van der Waals surface area contributed by atoms with E-state index in [9.17, 15) is 25.9 Å². The van der Waals surface area contributed by atoms with Gasteiger partial charge in [0, 0.05) is 21.9 Å². The topological polar surface area (TPSA) is 180 Å². The highest BCUT2D eigenvalue weighted by molar-refractivity contribution is 7.86. The Balaban J connectivity index is 1.16. The van der Waals surface area contributed by atoms with Crippen LogP contribution in [0.15, 0.2) is 180 Å². The van der Waals surface area contributed by atoms with Crippen molar-refractivity contribution >= 4 is 42.0 Å². The number of para-hydroxylation sites is 2. The number of aromatic nitrogens is 4. The quantitative estimate of drug-likeness (QED) is 0.118. The molecular formula is C45H30N4O9S2. The van der Waals surface area contributed by atoms with Gasteiger partial charge in [-0.05, 0) is 97.1 Å². The van der Waals surface area contributed by atoms with Crippen LogP contribution < -0.4 is 14.2 Å². The number of hydrogen-bond donors (Lipinski definition) is 2. The maximum atomic E-state index is 11.6. The highest BCUT2D eigenvalue weighted by Crippen LogP contribution is 2.41. The van der Waals surface area contributed by atoms with Crippen molar-refractivity contribution in [3.05, 3.63) is 170 Å². The molecular weight excluding hydrogens is 805 g/mol. The minimum Gasteiger partial charge on any atom is -0.457 e. The average molecular weight is 835 g/mol. The highest BCUT2D eigenvalue weighted by Gasteiger charge is 2.20. The molecule has 13 nitrogen and oxygen atoms in total. The van der Waals surface area contributed by atoms with Gasteiger partial charge in [-0.15, -0.1) is 0 Å². The minimum absolute atomic E-state index is 0.0855. The van der Waals surface area contributed by atoms with E-state index in [1.165, 1.54) is 48.5 Å². The molecule has 0 aliphatic carbocycles. The largest absolute Gasteiger partial charge is 0.457 e. The lowest BCUT2D eigenvalue weighted by Crippen LogP contribution is -2.03. The number of hydrogen-bond acceptors (Lipinski definition) is 10. The van der Waals surface area contributed by atoms with Gasteiger partial charge in [-0.3, -0.25) is 9.11 Å². The fraction of sp³-hybridized carbons (Fsp3) is 0. The summed E-state index contributed by atoms with van der Waals surface area (Å²) < 4.78 is 86.2. The summed E-state index contributed by atoms with van der Waals surface area (Å²) in [7, 11) is -8.78. The van der Waals surface area contributed by atoms with E-state index in [1.807, 2.05) is 114 Å². The highest BCUT2D eigenvalue weighted by atomic mass is 32.2. The van der Waals surface area contributed by atoms with Crippen LogP contribution in [-0.4, -0.2) is 45.5 Å². The maximum Gasteiger partial charge on any atom is 0.326 e. The smallest absolute Gasteiger partial charge is 0.326 e. The monoisotopic (exact) mass is 834 g/mol. The van der Waals surface area contributed by atoms with Crippen molar-refractivity contribution in [3.8, 4) is 63.2 Å². The van der Waals surface area contributed by atoms with Crippen molar-refractivity contribution in [2.75, 3.05) is 0 Å². The van der Waals surface area contributed by atoms with Crippen LogP contribution in [0, 0.1) is 0 Å². The molecule has 7 aromatic carbocycles. The fourth-order valence-electron chi connectivity index (χ4n) is 6.66. The van der Waals surface area contributed by atoms with Crippen LogP contribution in [0.25, 0.3) is 50.3 Å². The van der Waals surface area contributed by atoms with Gasteiger partial charge in [0.1, 0.15) is 23.0 Å². The molecule has 0 bridgehead atoms. The lowest BCUT2D eigenvalue weighted by atomic mass is 10.1. The molecule has 9 aromatic rings. The zero-order valence-corrected chi connectivity index (χ0v) is 32.7. The molecule has 0 radical (unpaired) electrons. The first-order valence-electron chi connectivity index (χ1n) is 18.2. The number of fused-ring (bicyclic) bond motifs is 3. The molecule has 0 amide bonds. The van der Waals surface area contributed by atoms with Crippen molar-refractivity contribution in [1.82, 2.24) is 19.5 Å². The third-order valence-electron chi connectivity index (χ3n) is 9.41. The Morgan fingerprint density at radius 2 is 0.850 bits per heavy atom. The van der Waals surface area contributed by atoms with Gasteiger partial charge in [0.15, 0.2) is 17.4 Å². The van der Waals surface area contributed by atoms with Gasteiger partial charge in [-0.2, -0.15) is 26.8 Å². The Kier molecular flexibility index (Phi) is 9.77. The molecule has 60 heavy (non-hydrogen) atoms. The van der Waals surface area contributed by atoms with E-state index in [0.29, 0.717) is 46.1 Å². The Morgan fingerprint density at radius 1 is 0.433 bits per heavy atom. The third-order valence-corrected chi connectivity index (χ3v) is 11.1. The van der Waals surface area contributed by atoms with E-state index in [1.54, 1.807) is 12.1 Å². The van der Waals surface area contributed by atoms with Crippen molar-refractivity contribution < 1.29 is 40.2 Å². The SMILES string of the molecule is O=S(=O)(O)c1ccc(Oc2ccc3c(c2)c2cc(Oc4ccc(S(=O)(=O)O)cc4)ccc2n3-c2ccccc2Oc2nc(-c3ccccc3)nc(-c3ccccc3)n2)cc1. The Morgan fingerprint density at radius 3 is 1.30 bits per heavy atom. The number of ether oxygens (including phenoxy) is 3. The van der Waals surface area contributed by atoms with Gasteiger partial charge in [-0.25, -0.2) is 4.98 Å². The molecule has 0 saturated heterocycles. The predicted molar refractivity (Wildman–Crippen MR) is 224 cm³/mol. The van der Waals surface area contributed by atoms with E-state index in [4.69, 9.17) is 29.2 Å². The molecule has 0 fully saturated rings. The molecule has 0 aliphatic heterocycles. The van der Waals surface area contributed by atoms with Crippen LogP contribution in [0.5, 0.6) is 34.8 Å². The van der Waals surface area contributed by atoms with Gasteiger partial charge in [0.05, 0.1) is 26.5 Å². The molecule has 2 aromatic heterocycles. The van der Waals surface area contributed by atoms with E-state index >= 15 is 0 Å². The predicted octanol–water partition coefficient (Wildman–Crippen LogP) is 10.2. The third kappa shape index (κ3) is 7.88. The minimum atomic E-state index is -4.39. The van der Waals surface area contributed by atoms with Crippen LogP contribution in [-0.2, 0) is 20.2 Å². The summed E-state index contributed by atoms with van der Waals surface area (Å²) in [4.78, 5) is 13.7. The summed E-state index contributed by atoms with van der Waals surface area (Å²) in [6.07, 6.45) is 0. The Bertz CT molecular complexity index is 3080. The molecule has 2 heterocycles. The first-order valence-corrected chi connectivity index (χ1v) is 21.1. The summed E-state index contributed by atoms with van der Waals surface area (Å²) in [6.45, 7) is 0. The fourth-order valence-corrected chi connectivity index (χ4v) is 7.62. The van der Waals surface area contributed by atoms with Crippen molar-refractivity contribution in [3.63, 3.8) is 0 Å². The zero-order chi connectivity index (χ0) is 41.4. The molecule has 0 unspecified atom stereocenters. The van der Waals surface area contributed by atoms with E-state index < -0.39 is 20.2 Å². The standard InChI is InChI=1S/C45H30N4O9S2/c50-59(51,52)35-21-15-31(16-22-35)56-33-19-25-39-37(27-33)38-28-34(57-32-17-23-36(24-18-32)60(53,54)55)20-26-40(38)49(39)41-13-7-8-14-42(41)58-45-47-43(29-9-3-1-4-10-29)46-44(48-45)30-11-5-2-6-12-30/h1-28H,(H,50,51,52)(H,53,54,55). The Hall–Kier alpha value is -7.43. The number of benzene rings is 7. The molecule has 15 heteroatoms. The normalized spacial score (nSPS) is 11.8. The number of rotatable bonds is 11. The Labute approximate surface area is 343 Å². The summed E-state index contributed by atoms with van der Waals surface area (Å²) in [6, 6.07) is 48.4. The van der Waals surface area contributed by atoms with Crippen LogP contribution in [0.1, 0.15) is 0 Å². The second-order valence-corrected chi connectivity index (χ2v) is 16.2. The summed E-state index contributed by atoms with van der Waals surface area (Å²) in [5, 5.41) is 1.49. The zero-order valence-electron chi connectivity index (χ0n) is 31.0. The summed E-state index contributed by atoms with van der Waals surface area (Å²) >= 11 is 0. The number of nitrogens with zero attached hydrogens (tertiary/aromatic N) is 4. The van der Waals surface area contributed by atoms with Gasteiger partial charge >= 0.3 is 6.01 Å². The first-order chi connectivity index (χ1) is 29.0. The lowest BCUT2D eigenvalue weighted by Gasteiger charge is -2.15. The second kappa shape index (κ2) is 15.4.